The summed E-state index contributed by atoms with van der Waals surface area (Å²) in [6.07, 6.45) is 1.81. The lowest BCUT2D eigenvalue weighted by molar-refractivity contribution is -0.135. The van der Waals surface area contributed by atoms with Crippen LogP contribution < -0.4 is 5.32 Å². The van der Waals surface area contributed by atoms with Gasteiger partial charge >= 0.3 is 0 Å². The number of carbonyl (C=O) groups excluding carboxylic acids is 1. The Morgan fingerprint density at radius 3 is 2.65 bits per heavy atom. The Morgan fingerprint density at radius 1 is 1.19 bits per heavy atom. The first-order valence-electron chi connectivity index (χ1n) is 9.18. The van der Waals surface area contributed by atoms with E-state index in [1.165, 1.54) is 0 Å². The number of nitrogens with one attached hydrogen (secondary N) is 1. The summed E-state index contributed by atoms with van der Waals surface area (Å²) in [5.74, 6) is 0.128. The number of anilines is 1. The molecule has 138 valence electrons. The molecule has 1 amide bonds. The van der Waals surface area contributed by atoms with E-state index in [2.05, 4.69) is 21.3 Å². The molecular formula is C21H28N4O. The molecule has 2 aromatic rings. The number of likely N-dealkylation sites (tertiary alicyclic amines) is 1. The second-order valence-corrected chi connectivity index (χ2v) is 7.36. The normalized spacial score (nSPS) is 20.6. The number of hydrogen-bond acceptors (Lipinski definition) is 4. The first kappa shape index (κ1) is 18.4. The van der Waals surface area contributed by atoms with Gasteiger partial charge in [-0.05, 0) is 50.6 Å². The molecule has 26 heavy (non-hydrogen) atoms. The lowest BCUT2D eigenvalue weighted by Crippen LogP contribution is -2.61. The largest absolute Gasteiger partial charge is 0.370 e. The van der Waals surface area contributed by atoms with Gasteiger partial charge in [-0.3, -0.25) is 14.7 Å². The summed E-state index contributed by atoms with van der Waals surface area (Å²) >= 11 is 0. The minimum Gasteiger partial charge on any atom is -0.370 e. The number of amides is 1. The average molecular weight is 352 g/mol. The van der Waals surface area contributed by atoms with E-state index in [0.29, 0.717) is 6.54 Å². The van der Waals surface area contributed by atoms with Gasteiger partial charge in [0.2, 0.25) is 5.91 Å². The number of hydrogen-bond donors (Lipinski definition) is 1. The molecule has 0 radical (unpaired) electrons. The fourth-order valence-corrected chi connectivity index (χ4v) is 3.75. The second-order valence-electron chi connectivity index (χ2n) is 7.36. The highest BCUT2D eigenvalue weighted by atomic mass is 16.2. The van der Waals surface area contributed by atoms with Crippen LogP contribution in [-0.4, -0.2) is 53.4 Å². The summed E-state index contributed by atoms with van der Waals surface area (Å²) in [6, 6.07) is 16.1. The first-order chi connectivity index (χ1) is 12.5. The number of aryl methyl sites for hydroxylation is 1. The molecule has 2 heterocycles. The molecule has 0 spiro atoms. The second kappa shape index (κ2) is 7.87. The zero-order chi connectivity index (χ0) is 18.6. The number of carbonyl (C=O) groups is 1. The van der Waals surface area contributed by atoms with Gasteiger partial charge in [0.15, 0.2) is 0 Å². The van der Waals surface area contributed by atoms with E-state index in [9.17, 15) is 4.79 Å². The Morgan fingerprint density at radius 2 is 1.96 bits per heavy atom. The van der Waals surface area contributed by atoms with Gasteiger partial charge in [0.05, 0.1) is 5.69 Å². The Labute approximate surface area is 156 Å². The maximum atomic E-state index is 13.1. The topological polar surface area (TPSA) is 48.5 Å². The number of nitrogens with zero attached hydrogens (tertiary/aromatic N) is 3. The van der Waals surface area contributed by atoms with E-state index in [4.69, 9.17) is 0 Å². The van der Waals surface area contributed by atoms with Crippen LogP contribution in [0.3, 0.4) is 0 Å². The van der Waals surface area contributed by atoms with Crippen molar-refractivity contribution >= 4 is 11.6 Å². The summed E-state index contributed by atoms with van der Waals surface area (Å²) in [6.45, 7) is 4.43. The minimum atomic E-state index is -0.604. The van der Waals surface area contributed by atoms with Gasteiger partial charge in [-0.1, -0.05) is 24.3 Å². The molecular weight excluding hydrogens is 324 g/mol. The minimum absolute atomic E-state index is 0.128. The van der Waals surface area contributed by atoms with E-state index in [0.717, 1.165) is 43.0 Å². The molecule has 5 nitrogen and oxygen atoms in total. The van der Waals surface area contributed by atoms with Crippen molar-refractivity contribution < 1.29 is 4.79 Å². The number of likely N-dealkylation sites (N-methyl/N-ethyl adjacent to an activating group) is 1. The smallest absolute Gasteiger partial charge is 0.249 e. The van der Waals surface area contributed by atoms with Crippen molar-refractivity contribution in [1.29, 1.82) is 0 Å². The van der Waals surface area contributed by atoms with Crippen molar-refractivity contribution in [3.8, 4) is 0 Å². The summed E-state index contributed by atoms with van der Waals surface area (Å²) in [5, 5.41) is 3.55. The van der Waals surface area contributed by atoms with Crippen LogP contribution in [-0.2, 0) is 11.3 Å². The quantitative estimate of drug-likeness (QED) is 0.899. The molecule has 0 bridgehead atoms. The van der Waals surface area contributed by atoms with Crippen LogP contribution >= 0.6 is 0 Å². The monoisotopic (exact) mass is 352 g/mol. The van der Waals surface area contributed by atoms with Crippen LogP contribution in [0.5, 0.6) is 0 Å². The fraction of sp³-hybridized carbons (Fsp3) is 0.429. The molecule has 1 N–H and O–H groups in total. The van der Waals surface area contributed by atoms with E-state index in [1.54, 1.807) is 4.90 Å². The van der Waals surface area contributed by atoms with Crippen molar-refractivity contribution in [2.45, 2.75) is 31.8 Å². The highest BCUT2D eigenvalue weighted by Gasteiger charge is 2.43. The maximum Gasteiger partial charge on any atom is 0.249 e. The van der Waals surface area contributed by atoms with Gasteiger partial charge in [-0.25, -0.2) is 0 Å². The van der Waals surface area contributed by atoms with Gasteiger partial charge < -0.3 is 10.2 Å². The molecule has 1 saturated heterocycles. The van der Waals surface area contributed by atoms with Crippen LogP contribution in [0.25, 0.3) is 0 Å². The number of benzene rings is 1. The molecule has 0 aliphatic carbocycles. The maximum absolute atomic E-state index is 13.1. The Balaban J connectivity index is 1.82. The number of pyridine rings is 1. The third-order valence-electron chi connectivity index (χ3n) is 4.88. The van der Waals surface area contributed by atoms with Gasteiger partial charge in [0.1, 0.15) is 5.54 Å². The summed E-state index contributed by atoms with van der Waals surface area (Å²) in [5.41, 5.74) is 2.46. The Hall–Kier alpha value is -2.40. The molecule has 1 unspecified atom stereocenters. The van der Waals surface area contributed by atoms with Crippen molar-refractivity contribution in [2.75, 3.05) is 32.5 Å². The Kier molecular flexibility index (Phi) is 5.57. The van der Waals surface area contributed by atoms with Crippen molar-refractivity contribution in [3.63, 3.8) is 0 Å². The molecule has 0 saturated carbocycles. The van der Waals surface area contributed by atoms with Gasteiger partial charge in [-0.2, -0.15) is 0 Å². The Bertz CT molecular complexity index is 747. The fourth-order valence-electron chi connectivity index (χ4n) is 3.75. The number of para-hydroxylation sites is 1. The lowest BCUT2D eigenvalue weighted by atomic mass is 9.87. The van der Waals surface area contributed by atoms with E-state index in [1.807, 2.05) is 63.5 Å². The molecule has 1 aromatic carbocycles. The number of piperidine rings is 1. The van der Waals surface area contributed by atoms with Crippen molar-refractivity contribution in [1.82, 2.24) is 14.8 Å². The van der Waals surface area contributed by atoms with Crippen molar-refractivity contribution in [2.24, 2.45) is 0 Å². The van der Waals surface area contributed by atoms with E-state index in [-0.39, 0.29) is 5.91 Å². The standard InChI is InChI=1S/C21H28N4O/c1-17-9-7-12-19(22-17)15-25-14-8-13-21(16-25,20(26)24(2)3)23-18-10-5-4-6-11-18/h4-7,9-12,23H,8,13-16H2,1-3H3. The van der Waals surface area contributed by atoms with Crippen molar-refractivity contribution in [3.05, 3.63) is 59.9 Å². The van der Waals surface area contributed by atoms with Crippen LogP contribution in [0, 0.1) is 6.92 Å². The molecule has 1 fully saturated rings. The summed E-state index contributed by atoms with van der Waals surface area (Å²) < 4.78 is 0. The zero-order valence-corrected chi connectivity index (χ0v) is 15.9. The van der Waals surface area contributed by atoms with Crippen LogP contribution in [0.2, 0.25) is 0 Å². The third kappa shape index (κ3) is 4.22. The highest BCUT2D eigenvalue weighted by Crippen LogP contribution is 2.28. The lowest BCUT2D eigenvalue weighted by Gasteiger charge is -2.43. The molecule has 1 atom stereocenters. The molecule has 1 aliphatic heterocycles. The zero-order valence-electron chi connectivity index (χ0n) is 15.9. The van der Waals surface area contributed by atoms with Gasteiger partial charge in [-0.15, -0.1) is 0 Å². The van der Waals surface area contributed by atoms with Gasteiger partial charge in [0.25, 0.3) is 0 Å². The highest BCUT2D eigenvalue weighted by molar-refractivity contribution is 5.89. The summed E-state index contributed by atoms with van der Waals surface area (Å²) in [4.78, 5) is 21.8. The molecule has 3 rings (SSSR count). The van der Waals surface area contributed by atoms with E-state index < -0.39 is 5.54 Å². The predicted octanol–water partition coefficient (Wildman–Crippen LogP) is 2.92. The number of aromatic nitrogens is 1. The van der Waals surface area contributed by atoms with Crippen LogP contribution in [0.4, 0.5) is 5.69 Å². The molecule has 1 aliphatic rings. The molecule has 5 heteroatoms. The van der Waals surface area contributed by atoms with Crippen LogP contribution in [0.1, 0.15) is 24.2 Å². The van der Waals surface area contributed by atoms with E-state index >= 15 is 0 Å². The summed E-state index contributed by atoms with van der Waals surface area (Å²) in [7, 11) is 3.66. The number of rotatable bonds is 5. The third-order valence-corrected chi connectivity index (χ3v) is 4.88. The molecule has 1 aromatic heterocycles. The SMILES string of the molecule is Cc1cccc(CN2CCCC(Nc3ccccc3)(C(=O)N(C)C)C2)n1. The average Bonchev–Trinajstić information content (AvgIpc) is 2.62. The van der Waals surface area contributed by atoms with Crippen LogP contribution in [0.15, 0.2) is 48.5 Å². The van der Waals surface area contributed by atoms with Gasteiger partial charge in [0, 0.05) is 38.6 Å². The predicted molar refractivity (Wildman–Crippen MR) is 105 cm³/mol. The first-order valence-corrected chi connectivity index (χ1v) is 9.18.